The lowest BCUT2D eigenvalue weighted by Gasteiger charge is -2.17. The summed E-state index contributed by atoms with van der Waals surface area (Å²) >= 11 is 0. The van der Waals surface area contributed by atoms with Gasteiger partial charge in [0.2, 0.25) is 0 Å². The third-order valence-electron chi connectivity index (χ3n) is 3.04. The maximum Gasteiger partial charge on any atom is 0.345 e. The van der Waals surface area contributed by atoms with Gasteiger partial charge in [-0.15, -0.1) is 0 Å². The number of aromatic nitrogens is 2. The number of hydrogen-bond acceptors (Lipinski definition) is 3. The minimum atomic E-state index is -0.262. The Labute approximate surface area is 88.9 Å². The minimum Gasteiger partial charge on any atom is -0.322 e. The molecule has 1 aliphatic rings. The Bertz CT molecular complexity index is 422. The second kappa shape index (κ2) is 3.77. The highest BCUT2D eigenvalue weighted by atomic mass is 16.1. The van der Waals surface area contributed by atoms with Gasteiger partial charge in [0, 0.05) is 11.7 Å². The van der Waals surface area contributed by atoms with Gasteiger partial charge in [-0.05, 0) is 30.7 Å². The first-order chi connectivity index (χ1) is 7.09. The molecule has 1 heterocycles. The molecule has 0 saturated heterocycles. The Morgan fingerprint density at radius 1 is 1.40 bits per heavy atom. The van der Waals surface area contributed by atoms with E-state index in [1.165, 1.54) is 5.56 Å². The van der Waals surface area contributed by atoms with E-state index in [1.807, 2.05) is 0 Å². The average molecular weight is 207 g/mol. The van der Waals surface area contributed by atoms with Gasteiger partial charge < -0.3 is 10.7 Å². The predicted octanol–water partition coefficient (Wildman–Crippen LogP) is 0.914. The first-order valence-corrected chi connectivity index (χ1v) is 5.47. The molecule has 82 valence electrons. The van der Waals surface area contributed by atoms with Crippen molar-refractivity contribution in [2.45, 2.75) is 39.2 Å². The molecule has 0 radical (unpaired) electrons. The van der Waals surface area contributed by atoms with Gasteiger partial charge in [0.1, 0.15) is 0 Å². The van der Waals surface area contributed by atoms with Crippen LogP contribution in [0, 0.1) is 5.92 Å². The van der Waals surface area contributed by atoms with E-state index in [4.69, 9.17) is 5.73 Å². The Morgan fingerprint density at radius 3 is 2.80 bits per heavy atom. The highest BCUT2D eigenvalue weighted by Crippen LogP contribution is 2.26. The van der Waals surface area contributed by atoms with Crippen LogP contribution in [0.25, 0.3) is 0 Å². The number of nitrogens with two attached hydrogens (primary N) is 1. The Morgan fingerprint density at radius 2 is 2.13 bits per heavy atom. The van der Waals surface area contributed by atoms with E-state index >= 15 is 0 Å². The maximum absolute atomic E-state index is 11.4. The number of fused-ring (bicyclic) bond motifs is 1. The molecule has 1 aromatic rings. The van der Waals surface area contributed by atoms with E-state index in [2.05, 4.69) is 23.8 Å². The van der Waals surface area contributed by atoms with Gasteiger partial charge in [0.05, 0.1) is 5.69 Å². The molecule has 3 N–H and O–H groups in total. The maximum atomic E-state index is 11.4. The van der Waals surface area contributed by atoms with Crippen LogP contribution in [0.2, 0.25) is 0 Å². The van der Waals surface area contributed by atoms with Crippen LogP contribution < -0.4 is 11.4 Å². The Hall–Kier alpha value is -1.16. The predicted molar refractivity (Wildman–Crippen MR) is 58.6 cm³/mol. The molecular formula is C11H17N3O. The highest BCUT2D eigenvalue weighted by molar-refractivity contribution is 5.31. The van der Waals surface area contributed by atoms with Gasteiger partial charge in [0.25, 0.3) is 0 Å². The van der Waals surface area contributed by atoms with E-state index < -0.39 is 0 Å². The van der Waals surface area contributed by atoms with E-state index in [9.17, 15) is 4.79 Å². The van der Waals surface area contributed by atoms with Crippen LogP contribution in [0.4, 0.5) is 0 Å². The van der Waals surface area contributed by atoms with Crippen LogP contribution in [0.3, 0.4) is 0 Å². The molecule has 0 aliphatic heterocycles. The average Bonchev–Trinajstić information content (AvgIpc) is 2.62. The number of nitrogens with one attached hydrogen (secondary N) is 1. The summed E-state index contributed by atoms with van der Waals surface area (Å²) in [5.74, 6) is 0.309. The van der Waals surface area contributed by atoms with Crippen LogP contribution in [0.5, 0.6) is 0 Å². The quantitative estimate of drug-likeness (QED) is 0.757. The van der Waals surface area contributed by atoms with Gasteiger partial charge >= 0.3 is 5.69 Å². The third-order valence-corrected chi connectivity index (χ3v) is 3.04. The van der Waals surface area contributed by atoms with Gasteiger partial charge in [-0.2, -0.15) is 4.98 Å². The topological polar surface area (TPSA) is 71.8 Å². The summed E-state index contributed by atoms with van der Waals surface area (Å²) in [7, 11) is 0. The molecule has 1 aliphatic carbocycles. The number of aryl methyl sites for hydroxylation is 1. The Kier molecular flexibility index (Phi) is 2.61. The minimum absolute atomic E-state index is 0.126. The molecule has 1 aromatic heterocycles. The lowest BCUT2D eigenvalue weighted by molar-refractivity contribution is 0.497. The first-order valence-electron chi connectivity index (χ1n) is 5.47. The van der Waals surface area contributed by atoms with Crippen molar-refractivity contribution in [3.05, 3.63) is 27.4 Å². The summed E-state index contributed by atoms with van der Waals surface area (Å²) in [5.41, 5.74) is 8.83. The van der Waals surface area contributed by atoms with Crippen molar-refractivity contribution < 1.29 is 0 Å². The second-order valence-electron chi connectivity index (χ2n) is 4.51. The summed E-state index contributed by atoms with van der Waals surface area (Å²) in [6, 6.07) is -0.126. The van der Waals surface area contributed by atoms with Crippen molar-refractivity contribution in [2.24, 2.45) is 11.7 Å². The molecule has 4 nitrogen and oxygen atoms in total. The van der Waals surface area contributed by atoms with Crippen LogP contribution >= 0.6 is 0 Å². The monoisotopic (exact) mass is 207 g/mol. The highest BCUT2D eigenvalue weighted by Gasteiger charge is 2.22. The number of H-pyrrole nitrogens is 1. The first kappa shape index (κ1) is 10.4. The van der Waals surface area contributed by atoms with E-state index in [0.717, 1.165) is 30.7 Å². The summed E-state index contributed by atoms with van der Waals surface area (Å²) in [6.07, 6.45) is 3.04. The molecular weight excluding hydrogens is 190 g/mol. The summed E-state index contributed by atoms with van der Waals surface area (Å²) in [6.45, 7) is 4.10. The second-order valence-corrected chi connectivity index (χ2v) is 4.51. The molecule has 0 aromatic carbocycles. The molecule has 0 bridgehead atoms. The van der Waals surface area contributed by atoms with Crippen LogP contribution in [0.1, 0.15) is 43.3 Å². The van der Waals surface area contributed by atoms with Gasteiger partial charge in [0.15, 0.2) is 0 Å². The lowest BCUT2D eigenvalue weighted by Crippen LogP contribution is -2.25. The van der Waals surface area contributed by atoms with Crippen LogP contribution in [-0.2, 0) is 12.8 Å². The number of nitrogens with zero attached hydrogens (tertiary/aromatic N) is 1. The smallest absolute Gasteiger partial charge is 0.322 e. The summed E-state index contributed by atoms with van der Waals surface area (Å²) in [4.78, 5) is 18.2. The number of aromatic amines is 1. The fraction of sp³-hybridized carbons (Fsp3) is 0.636. The fourth-order valence-corrected chi connectivity index (χ4v) is 2.09. The molecule has 2 rings (SSSR count). The molecule has 0 spiro atoms. The van der Waals surface area contributed by atoms with E-state index in [0.29, 0.717) is 5.92 Å². The number of rotatable bonds is 2. The largest absolute Gasteiger partial charge is 0.345 e. The number of hydrogen-bond donors (Lipinski definition) is 2. The molecule has 1 atom stereocenters. The van der Waals surface area contributed by atoms with Gasteiger partial charge in [-0.25, -0.2) is 4.79 Å². The molecule has 0 saturated carbocycles. The van der Waals surface area contributed by atoms with Gasteiger partial charge in [-0.1, -0.05) is 13.8 Å². The van der Waals surface area contributed by atoms with Crippen molar-refractivity contribution in [2.75, 3.05) is 0 Å². The third kappa shape index (κ3) is 1.81. The molecule has 15 heavy (non-hydrogen) atoms. The van der Waals surface area contributed by atoms with Gasteiger partial charge in [-0.3, -0.25) is 0 Å². The van der Waals surface area contributed by atoms with Crippen molar-refractivity contribution >= 4 is 0 Å². The summed E-state index contributed by atoms with van der Waals surface area (Å²) in [5, 5.41) is 0. The molecule has 0 amide bonds. The zero-order valence-corrected chi connectivity index (χ0v) is 9.21. The van der Waals surface area contributed by atoms with Crippen LogP contribution in [-0.4, -0.2) is 9.97 Å². The van der Waals surface area contributed by atoms with E-state index in [-0.39, 0.29) is 11.7 Å². The SMILES string of the molecule is CC(C)C(N)c1nc(=O)[nH]c2c1CCC2. The molecule has 1 unspecified atom stereocenters. The zero-order chi connectivity index (χ0) is 11.0. The molecule has 4 heteroatoms. The normalized spacial score (nSPS) is 16.8. The van der Waals surface area contributed by atoms with Crippen molar-refractivity contribution in [1.82, 2.24) is 9.97 Å². The summed E-state index contributed by atoms with van der Waals surface area (Å²) < 4.78 is 0. The fourth-order valence-electron chi connectivity index (χ4n) is 2.09. The van der Waals surface area contributed by atoms with Crippen molar-refractivity contribution in [3.63, 3.8) is 0 Å². The van der Waals surface area contributed by atoms with E-state index in [1.54, 1.807) is 0 Å². The standard InChI is InChI=1S/C11H17N3O/c1-6(2)9(12)10-7-4-3-5-8(7)13-11(15)14-10/h6,9H,3-5,12H2,1-2H3,(H,13,14,15). The molecule has 0 fully saturated rings. The van der Waals surface area contributed by atoms with Crippen molar-refractivity contribution in [3.8, 4) is 0 Å². The lowest BCUT2D eigenvalue weighted by atomic mass is 9.97. The van der Waals surface area contributed by atoms with Crippen molar-refractivity contribution in [1.29, 1.82) is 0 Å². The zero-order valence-electron chi connectivity index (χ0n) is 9.21. The Balaban J connectivity index is 2.51. The van der Waals surface area contributed by atoms with Crippen LogP contribution in [0.15, 0.2) is 4.79 Å².